The molecule has 74 valence electrons. The molecule has 0 amide bonds. The van der Waals surface area contributed by atoms with E-state index in [1.165, 1.54) is 0 Å². The summed E-state index contributed by atoms with van der Waals surface area (Å²) >= 11 is 0. The standard InChI is InChI=1S/C6H16N2O3S/c1-6(11-2)5-8-3-4-12(7,9)10/h6,8H,3-5H2,1-2H3,(H2,7,9,10). The van der Waals surface area contributed by atoms with Crippen LogP contribution in [0.4, 0.5) is 0 Å². The third-order valence-electron chi connectivity index (χ3n) is 1.40. The van der Waals surface area contributed by atoms with Gasteiger partial charge in [-0.15, -0.1) is 0 Å². The molecule has 0 aliphatic rings. The number of nitrogens with two attached hydrogens (primary N) is 1. The Bertz CT molecular complexity index is 203. The highest BCUT2D eigenvalue weighted by atomic mass is 32.2. The van der Waals surface area contributed by atoms with Crippen molar-refractivity contribution in [3.63, 3.8) is 0 Å². The normalized spacial score (nSPS) is 14.6. The van der Waals surface area contributed by atoms with Gasteiger partial charge in [0.15, 0.2) is 0 Å². The summed E-state index contributed by atoms with van der Waals surface area (Å²) in [6, 6.07) is 0. The number of hydrogen-bond acceptors (Lipinski definition) is 4. The van der Waals surface area contributed by atoms with Crippen LogP contribution in [-0.2, 0) is 14.8 Å². The number of ether oxygens (including phenoxy) is 1. The number of sulfonamides is 1. The summed E-state index contributed by atoms with van der Waals surface area (Å²) in [5.41, 5.74) is 0. The van der Waals surface area contributed by atoms with Crippen molar-refractivity contribution in [1.29, 1.82) is 0 Å². The topological polar surface area (TPSA) is 81.4 Å². The molecule has 12 heavy (non-hydrogen) atoms. The number of nitrogens with one attached hydrogen (secondary N) is 1. The molecular formula is C6H16N2O3S. The van der Waals surface area contributed by atoms with Gasteiger partial charge in [-0.25, -0.2) is 13.6 Å². The van der Waals surface area contributed by atoms with Gasteiger partial charge in [-0.05, 0) is 6.92 Å². The summed E-state index contributed by atoms with van der Waals surface area (Å²) in [5.74, 6) is -0.0383. The lowest BCUT2D eigenvalue weighted by Gasteiger charge is -2.09. The maximum Gasteiger partial charge on any atom is 0.210 e. The van der Waals surface area contributed by atoms with E-state index >= 15 is 0 Å². The van der Waals surface area contributed by atoms with Crippen molar-refractivity contribution in [2.45, 2.75) is 13.0 Å². The Morgan fingerprint density at radius 1 is 1.58 bits per heavy atom. The van der Waals surface area contributed by atoms with Crippen LogP contribution in [0, 0.1) is 0 Å². The second-order valence-corrected chi connectivity index (χ2v) is 4.35. The molecule has 1 unspecified atom stereocenters. The first-order valence-electron chi connectivity index (χ1n) is 3.69. The van der Waals surface area contributed by atoms with E-state index in [-0.39, 0.29) is 11.9 Å². The summed E-state index contributed by atoms with van der Waals surface area (Å²) in [6.07, 6.45) is 0.0884. The Kier molecular flexibility index (Phi) is 5.39. The predicted molar refractivity (Wildman–Crippen MR) is 47.3 cm³/mol. The fraction of sp³-hybridized carbons (Fsp3) is 1.00. The summed E-state index contributed by atoms with van der Waals surface area (Å²) in [5, 5.41) is 7.69. The molecule has 0 aromatic carbocycles. The summed E-state index contributed by atoms with van der Waals surface area (Å²) in [7, 11) is -1.73. The third kappa shape index (κ3) is 7.93. The molecule has 5 nitrogen and oxygen atoms in total. The molecule has 0 bridgehead atoms. The van der Waals surface area contributed by atoms with Gasteiger partial charge in [-0.1, -0.05) is 0 Å². The molecule has 6 heteroatoms. The molecule has 0 aromatic rings. The van der Waals surface area contributed by atoms with Crippen LogP contribution in [-0.4, -0.2) is 40.5 Å². The van der Waals surface area contributed by atoms with E-state index in [1.807, 2.05) is 6.92 Å². The Balaban J connectivity index is 3.34. The van der Waals surface area contributed by atoms with Crippen LogP contribution < -0.4 is 10.5 Å². The van der Waals surface area contributed by atoms with Gasteiger partial charge in [-0.2, -0.15) is 0 Å². The fourth-order valence-electron chi connectivity index (χ4n) is 0.603. The predicted octanol–water partition coefficient (Wildman–Crippen LogP) is -1.10. The monoisotopic (exact) mass is 196 g/mol. The summed E-state index contributed by atoms with van der Waals surface area (Å²) in [4.78, 5) is 0. The second kappa shape index (κ2) is 5.47. The Hall–Kier alpha value is -0.170. The molecular weight excluding hydrogens is 180 g/mol. The zero-order valence-corrected chi connectivity index (χ0v) is 8.23. The maximum absolute atomic E-state index is 10.5. The average molecular weight is 196 g/mol. The van der Waals surface area contributed by atoms with Gasteiger partial charge in [0.1, 0.15) is 0 Å². The van der Waals surface area contributed by atoms with E-state index < -0.39 is 10.0 Å². The molecule has 0 aliphatic carbocycles. The van der Waals surface area contributed by atoms with Gasteiger partial charge in [0.05, 0.1) is 11.9 Å². The number of rotatable bonds is 6. The SMILES string of the molecule is COC(C)CNCCS(N)(=O)=O. The minimum atomic E-state index is -3.33. The van der Waals surface area contributed by atoms with Crippen molar-refractivity contribution < 1.29 is 13.2 Å². The zero-order chi connectivity index (χ0) is 9.61. The van der Waals surface area contributed by atoms with Crippen LogP contribution in [0.5, 0.6) is 0 Å². The number of methoxy groups -OCH3 is 1. The van der Waals surface area contributed by atoms with Gasteiger partial charge in [0.25, 0.3) is 0 Å². The van der Waals surface area contributed by atoms with Crippen LogP contribution in [0.15, 0.2) is 0 Å². The minimum absolute atomic E-state index is 0.0383. The largest absolute Gasteiger partial charge is 0.380 e. The van der Waals surface area contributed by atoms with Crippen LogP contribution in [0.2, 0.25) is 0 Å². The molecule has 3 N–H and O–H groups in total. The van der Waals surface area contributed by atoms with E-state index in [2.05, 4.69) is 5.32 Å². The van der Waals surface area contributed by atoms with Crippen molar-refractivity contribution in [2.75, 3.05) is 26.0 Å². The van der Waals surface area contributed by atoms with E-state index in [0.717, 1.165) is 0 Å². The van der Waals surface area contributed by atoms with Gasteiger partial charge in [-0.3, -0.25) is 0 Å². The average Bonchev–Trinajstić information content (AvgIpc) is 1.96. The molecule has 0 aliphatic heterocycles. The first-order valence-corrected chi connectivity index (χ1v) is 5.41. The Morgan fingerprint density at radius 2 is 2.17 bits per heavy atom. The minimum Gasteiger partial charge on any atom is -0.380 e. The molecule has 0 saturated heterocycles. The molecule has 0 radical (unpaired) electrons. The van der Waals surface area contributed by atoms with E-state index in [9.17, 15) is 8.42 Å². The molecule has 0 heterocycles. The highest BCUT2D eigenvalue weighted by Crippen LogP contribution is 1.83. The molecule has 0 spiro atoms. The molecule has 0 rings (SSSR count). The van der Waals surface area contributed by atoms with Gasteiger partial charge in [0.2, 0.25) is 10.0 Å². The highest BCUT2D eigenvalue weighted by Gasteiger charge is 2.02. The van der Waals surface area contributed by atoms with Crippen molar-refractivity contribution in [3.8, 4) is 0 Å². The van der Waals surface area contributed by atoms with Crippen molar-refractivity contribution in [2.24, 2.45) is 5.14 Å². The lowest BCUT2D eigenvalue weighted by Crippen LogP contribution is -2.32. The lowest BCUT2D eigenvalue weighted by atomic mass is 10.4. The zero-order valence-electron chi connectivity index (χ0n) is 7.41. The van der Waals surface area contributed by atoms with Gasteiger partial charge >= 0.3 is 0 Å². The fourth-order valence-corrected chi connectivity index (χ4v) is 1.03. The van der Waals surface area contributed by atoms with E-state index in [0.29, 0.717) is 13.1 Å². The van der Waals surface area contributed by atoms with E-state index in [1.54, 1.807) is 7.11 Å². The number of primary sulfonamides is 1. The first kappa shape index (κ1) is 11.8. The van der Waals surface area contributed by atoms with E-state index in [4.69, 9.17) is 9.88 Å². The van der Waals surface area contributed by atoms with Crippen molar-refractivity contribution >= 4 is 10.0 Å². The molecule has 0 saturated carbocycles. The number of hydrogen-bond donors (Lipinski definition) is 2. The lowest BCUT2D eigenvalue weighted by molar-refractivity contribution is 0.118. The van der Waals surface area contributed by atoms with Crippen molar-refractivity contribution in [1.82, 2.24) is 5.32 Å². The van der Waals surface area contributed by atoms with Gasteiger partial charge < -0.3 is 10.1 Å². The van der Waals surface area contributed by atoms with Crippen LogP contribution in [0.1, 0.15) is 6.92 Å². The Morgan fingerprint density at radius 3 is 2.58 bits per heavy atom. The molecule has 0 aromatic heterocycles. The Labute approximate surface area is 73.3 Å². The molecule has 0 fully saturated rings. The summed E-state index contributed by atoms with van der Waals surface area (Å²) in [6.45, 7) is 2.89. The first-order chi connectivity index (χ1) is 5.45. The third-order valence-corrected chi connectivity index (χ3v) is 2.17. The van der Waals surface area contributed by atoms with Crippen LogP contribution in [0.3, 0.4) is 0 Å². The highest BCUT2D eigenvalue weighted by molar-refractivity contribution is 7.89. The van der Waals surface area contributed by atoms with Crippen molar-refractivity contribution in [3.05, 3.63) is 0 Å². The molecule has 1 atom stereocenters. The smallest absolute Gasteiger partial charge is 0.210 e. The van der Waals surface area contributed by atoms with Gasteiger partial charge in [0, 0.05) is 20.2 Å². The van der Waals surface area contributed by atoms with Crippen LogP contribution in [0.25, 0.3) is 0 Å². The second-order valence-electron chi connectivity index (χ2n) is 2.62. The maximum atomic E-state index is 10.5. The quantitative estimate of drug-likeness (QED) is 0.528. The summed E-state index contributed by atoms with van der Waals surface area (Å²) < 4.78 is 25.8. The van der Waals surface area contributed by atoms with Crippen LogP contribution >= 0.6 is 0 Å².